The third kappa shape index (κ3) is 3.03. The van der Waals surface area contributed by atoms with Crippen molar-refractivity contribution in [3.05, 3.63) is 52.9 Å². The summed E-state index contributed by atoms with van der Waals surface area (Å²) in [5.74, 6) is 1.88. The van der Waals surface area contributed by atoms with Gasteiger partial charge in [0.25, 0.3) is 0 Å². The van der Waals surface area contributed by atoms with Gasteiger partial charge in [0.05, 0.1) is 17.1 Å². The van der Waals surface area contributed by atoms with Crippen LogP contribution in [0.5, 0.6) is 0 Å². The molecule has 0 atom stereocenters. The van der Waals surface area contributed by atoms with E-state index in [2.05, 4.69) is 15.1 Å². The van der Waals surface area contributed by atoms with Crippen molar-refractivity contribution in [1.29, 1.82) is 0 Å². The summed E-state index contributed by atoms with van der Waals surface area (Å²) < 4.78 is 12.4. The molecule has 7 heteroatoms. The molecule has 1 aromatic carbocycles. The van der Waals surface area contributed by atoms with E-state index in [4.69, 9.17) is 20.8 Å². The normalized spacial score (nSPS) is 11.0. The molecule has 0 saturated heterocycles. The molecule has 22 heavy (non-hydrogen) atoms. The number of nitrogens with zero attached hydrogens (tertiary/aromatic N) is 4. The molecule has 0 radical (unpaired) electrons. The van der Waals surface area contributed by atoms with Gasteiger partial charge in [0.1, 0.15) is 24.4 Å². The first-order chi connectivity index (χ1) is 10.7. The average molecular weight is 319 g/mol. The van der Waals surface area contributed by atoms with Gasteiger partial charge in [-0.15, -0.1) is 0 Å². The Labute approximate surface area is 132 Å². The summed E-state index contributed by atoms with van der Waals surface area (Å²) in [6.07, 6.45) is 1.65. The number of rotatable bonds is 5. The second kappa shape index (κ2) is 6.29. The number of oxazole rings is 1. The van der Waals surface area contributed by atoms with E-state index < -0.39 is 0 Å². The Hall–Kier alpha value is -2.18. The number of hydrogen-bond donors (Lipinski definition) is 0. The summed E-state index contributed by atoms with van der Waals surface area (Å²) >= 11 is 6.18. The highest BCUT2D eigenvalue weighted by Gasteiger charge is 2.14. The van der Waals surface area contributed by atoms with Gasteiger partial charge in [0, 0.05) is 7.11 Å². The van der Waals surface area contributed by atoms with Gasteiger partial charge in [-0.2, -0.15) is 5.10 Å². The van der Waals surface area contributed by atoms with Crippen LogP contribution in [0.3, 0.4) is 0 Å². The van der Waals surface area contributed by atoms with E-state index >= 15 is 0 Å². The molecule has 0 saturated carbocycles. The first-order valence-corrected chi connectivity index (χ1v) is 7.13. The lowest BCUT2D eigenvalue weighted by Gasteiger charge is -1.97. The summed E-state index contributed by atoms with van der Waals surface area (Å²) in [6, 6.07) is 7.46. The monoisotopic (exact) mass is 318 g/mol. The molecule has 6 nitrogen and oxygen atoms in total. The van der Waals surface area contributed by atoms with Crippen LogP contribution >= 0.6 is 11.6 Å². The van der Waals surface area contributed by atoms with E-state index in [9.17, 15) is 0 Å². The fourth-order valence-corrected chi connectivity index (χ4v) is 2.30. The molecule has 0 N–H and O–H groups in total. The average Bonchev–Trinajstić information content (AvgIpc) is 3.08. The van der Waals surface area contributed by atoms with Crippen molar-refractivity contribution in [3.8, 4) is 11.5 Å². The largest absolute Gasteiger partial charge is 0.441 e. The van der Waals surface area contributed by atoms with Crippen LogP contribution < -0.4 is 0 Å². The number of methoxy groups -OCH3 is 1. The molecule has 3 rings (SSSR count). The van der Waals surface area contributed by atoms with E-state index in [1.165, 1.54) is 0 Å². The number of halogens is 1. The number of aryl methyl sites for hydroxylation is 1. The van der Waals surface area contributed by atoms with Crippen LogP contribution in [-0.2, 0) is 17.9 Å². The SMILES string of the molecule is COCc1ncn(Cc2nc(-c3ccccc3Cl)oc2C)n1. The molecular weight excluding hydrogens is 304 g/mol. The Morgan fingerprint density at radius 1 is 1.32 bits per heavy atom. The second-order valence-electron chi connectivity index (χ2n) is 4.79. The first kappa shape index (κ1) is 14.7. The zero-order valence-corrected chi connectivity index (χ0v) is 13.0. The maximum Gasteiger partial charge on any atom is 0.228 e. The van der Waals surface area contributed by atoms with E-state index in [0.717, 1.165) is 17.0 Å². The van der Waals surface area contributed by atoms with Gasteiger partial charge in [-0.05, 0) is 19.1 Å². The Morgan fingerprint density at radius 2 is 2.14 bits per heavy atom. The molecule has 0 aliphatic heterocycles. The minimum atomic E-state index is 0.385. The van der Waals surface area contributed by atoms with Gasteiger partial charge in [0.15, 0.2) is 5.82 Å². The number of aromatic nitrogens is 4. The van der Waals surface area contributed by atoms with Crippen LogP contribution in [0.4, 0.5) is 0 Å². The van der Waals surface area contributed by atoms with Crippen molar-refractivity contribution >= 4 is 11.6 Å². The van der Waals surface area contributed by atoms with Crippen LogP contribution in [0.1, 0.15) is 17.3 Å². The highest BCUT2D eigenvalue weighted by Crippen LogP contribution is 2.28. The third-order valence-electron chi connectivity index (χ3n) is 3.17. The van der Waals surface area contributed by atoms with Crippen molar-refractivity contribution < 1.29 is 9.15 Å². The summed E-state index contributed by atoms with van der Waals surface area (Å²) in [5.41, 5.74) is 1.57. The zero-order valence-electron chi connectivity index (χ0n) is 12.3. The molecule has 0 amide bonds. The van der Waals surface area contributed by atoms with Crippen molar-refractivity contribution in [1.82, 2.24) is 19.7 Å². The van der Waals surface area contributed by atoms with Crippen molar-refractivity contribution in [2.45, 2.75) is 20.1 Å². The van der Waals surface area contributed by atoms with Crippen LogP contribution in [-0.4, -0.2) is 26.9 Å². The lowest BCUT2D eigenvalue weighted by molar-refractivity contribution is 0.177. The lowest BCUT2D eigenvalue weighted by atomic mass is 10.2. The first-order valence-electron chi connectivity index (χ1n) is 6.76. The molecule has 114 valence electrons. The topological polar surface area (TPSA) is 66.0 Å². The minimum Gasteiger partial charge on any atom is -0.441 e. The molecule has 0 bridgehead atoms. The van der Waals surface area contributed by atoms with Crippen LogP contribution in [0.25, 0.3) is 11.5 Å². The predicted octanol–water partition coefficient (Wildman–Crippen LogP) is 3.09. The van der Waals surface area contributed by atoms with Gasteiger partial charge in [-0.3, -0.25) is 0 Å². The fourth-order valence-electron chi connectivity index (χ4n) is 2.08. The molecule has 0 spiro atoms. The lowest BCUT2D eigenvalue weighted by Crippen LogP contribution is -2.03. The summed E-state index contributed by atoms with van der Waals surface area (Å²) in [5, 5.41) is 4.92. The van der Waals surface area contributed by atoms with Gasteiger partial charge < -0.3 is 9.15 Å². The van der Waals surface area contributed by atoms with Crippen LogP contribution in [0.15, 0.2) is 35.0 Å². The molecule has 2 aromatic heterocycles. The Balaban J connectivity index is 1.84. The summed E-state index contributed by atoms with van der Waals surface area (Å²) in [6.45, 7) is 2.74. The quantitative estimate of drug-likeness (QED) is 0.723. The standard InChI is InChI=1S/C15H15ClN4O2/c1-10-13(7-20-9-17-14(19-20)8-21-2)18-15(22-10)11-5-3-4-6-12(11)16/h3-6,9H,7-8H2,1-2H3. The molecule has 3 aromatic rings. The highest BCUT2D eigenvalue weighted by atomic mass is 35.5. The van der Waals surface area contributed by atoms with E-state index in [1.807, 2.05) is 31.2 Å². The summed E-state index contributed by atoms with van der Waals surface area (Å²) in [7, 11) is 1.61. The van der Waals surface area contributed by atoms with Gasteiger partial charge in [0.2, 0.25) is 5.89 Å². The second-order valence-corrected chi connectivity index (χ2v) is 5.20. The molecule has 0 aliphatic carbocycles. The minimum absolute atomic E-state index is 0.385. The maximum atomic E-state index is 6.18. The van der Waals surface area contributed by atoms with Crippen molar-refractivity contribution in [2.24, 2.45) is 0 Å². The highest BCUT2D eigenvalue weighted by molar-refractivity contribution is 6.33. The van der Waals surface area contributed by atoms with Crippen molar-refractivity contribution in [2.75, 3.05) is 7.11 Å². The molecule has 0 unspecified atom stereocenters. The summed E-state index contributed by atoms with van der Waals surface area (Å²) in [4.78, 5) is 8.68. The van der Waals surface area contributed by atoms with Crippen LogP contribution in [0.2, 0.25) is 5.02 Å². The smallest absolute Gasteiger partial charge is 0.228 e. The van der Waals surface area contributed by atoms with Gasteiger partial charge in [-0.1, -0.05) is 23.7 Å². The van der Waals surface area contributed by atoms with E-state index in [0.29, 0.717) is 29.9 Å². The van der Waals surface area contributed by atoms with E-state index in [-0.39, 0.29) is 0 Å². The maximum absolute atomic E-state index is 6.18. The van der Waals surface area contributed by atoms with E-state index in [1.54, 1.807) is 18.1 Å². The van der Waals surface area contributed by atoms with Gasteiger partial charge >= 0.3 is 0 Å². The number of hydrogen-bond acceptors (Lipinski definition) is 5. The van der Waals surface area contributed by atoms with Crippen molar-refractivity contribution in [3.63, 3.8) is 0 Å². The number of ether oxygens (including phenoxy) is 1. The molecule has 0 fully saturated rings. The Morgan fingerprint density at radius 3 is 2.91 bits per heavy atom. The van der Waals surface area contributed by atoms with Gasteiger partial charge in [-0.25, -0.2) is 14.6 Å². The molecule has 2 heterocycles. The predicted molar refractivity (Wildman–Crippen MR) is 81.5 cm³/mol. The molecular formula is C15H15ClN4O2. The Kier molecular flexibility index (Phi) is 4.22. The van der Waals surface area contributed by atoms with Crippen LogP contribution in [0, 0.1) is 6.92 Å². The fraction of sp³-hybridized carbons (Fsp3) is 0.267. The number of benzene rings is 1. The zero-order chi connectivity index (χ0) is 15.5. The third-order valence-corrected chi connectivity index (χ3v) is 3.50. The Bertz CT molecular complexity index is 781. The molecule has 0 aliphatic rings.